The number of benzene rings is 1. The lowest BCUT2D eigenvalue weighted by molar-refractivity contribution is 0.414. The zero-order valence-electron chi connectivity index (χ0n) is 7.01. The van der Waals surface area contributed by atoms with Gasteiger partial charge in [0.2, 0.25) is 0 Å². The van der Waals surface area contributed by atoms with Crippen LogP contribution in [0, 0.1) is 3.57 Å². The van der Waals surface area contributed by atoms with E-state index in [4.69, 9.17) is 10.5 Å². The summed E-state index contributed by atoms with van der Waals surface area (Å²) in [4.78, 5) is 0. The van der Waals surface area contributed by atoms with Crippen LogP contribution in [0.15, 0.2) is 18.2 Å². The Morgan fingerprint density at radius 1 is 1.50 bits per heavy atom. The molecule has 2 nitrogen and oxygen atoms in total. The molecule has 0 aromatic heterocycles. The molecule has 0 atom stereocenters. The summed E-state index contributed by atoms with van der Waals surface area (Å²) in [5.74, 6) is 0.902. The molecule has 66 valence electrons. The molecule has 0 amide bonds. The van der Waals surface area contributed by atoms with Crippen LogP contribution in [0.2, 0.25) is 0 Å². The molecule has 3 heteroatoms. The van der Waals surface area contributed by atoms with E-state index in [1.54, 1.807) is 7.11 Å². The molecule has 12 heavy (non-hydrogen) atoms. The average molecular weight is 277 g/mol. The van der Waals surface area contributed by atoms with Crippen LogP contribution in [0.4, 0.5) is 0 Å². The smallest absolute Gasteiger partial charge is 0.119 e. The predicted octanol–water partition coefficient (Wildman–Crippen LogP) is 1.80. The van der Waals surface area contributed by atoms with Crippen LogP contribution in [-0.4, -0.2) is 13.7 Å². The molecule has 0 unspecified atom stereocenters. The highest BCUT2D eigenvalue weighted by Gasteiger charge is 2.00. The molecule has 0 aliphatic heterocycles. The lowest BCUT2D eigenvalue weighted by atomic mass is 10.1. The summed E-state index contributed by atoms with van der Waals surface area (Å²) in [5.41, 5.74) is 6.74. The first kappa shape index (κ1) is 9.80. The van der Waals surface area contributed by atoms with Crippen LogP contribution >= 0.6 is 22.6 Å². The van der Waals surface area contributed by atoms with Crippen molar-refractivity contribution < 1.29 is 4.74 Å². The first-order chi connectivity index (χ1) is 5.77. The molecule has 1 aromatic rings. The number of halogens is 1. The van der Waals surface area contributed by atoms with Crippen molar-refractivity contribution in [2.45, 2.75) is 6.42 Å². The molecular weight excluding hydrogens is 265 g/mol. The van der Waals surface area contributed by atoms with Crippen molar-refractivity contribution in [1.82, 2.24) is 0 Å². The van der Waals surface area contributed by atoms with E-state index in [2.05, 4.69) is 22.6 Å². The van der Waals surface area contributed by atoms with Crippen molar-refractivity contribution in [3.63, 3.8) is 0 Å². The van der Waals surface area contributed by atoms with Gasteiger partial charge in [0.15, 0.2) is 0 Å². The van der Waals surface area contributed by atoms with Crippen LogP contribution in [0.3, 0.4) is 0 Å². The summed E-state index contributed by atoms with van der Waals surface area (Å²) >= 11 is 2.31. The van der Waals surface area contributed by atoms with E-state index in [-0.39, 0.29) is 0 Å². The third-order valence-electron chi connectivity index (χ3n) is 1.67. The van der Waals surface area contributed by atoms with Crippen LogP contribution in [-0.2, 0) is 6.42 Å². The van der Waals surface area contributed by atoms with Crippen molar-refractivity contribution in [2.24, 2.45) is 5.73 Å². The molecule has 0 fully saturated rings. The predicted molar refractivity (Wildman–Crippen MR) is 58.5 cm³/mol. The fourth-order valence-corrected chi connectivity index (χ4v) is 1.63. The Balaban J connectivity index is 2.91. The third-order valence-corrected chi connectivity index (χ3v) is 2.72. The van der Waals surface area contributed by atoms with Gasteiger partial charge in [-0.1, -0.05) is 0 Å². The molecule has 0 aliphatic carbocycles. The number of ether oxygens (including phenoxy) is 1. The summed E-state index contributed by atoms with van der Waals surface area (Å²) in [6, 6.07) is 6.04. The number of nitrogens with two attached hydrogens (primary N) is 1. The van der Waals surface area contributed by atoms with Gasteiger partial charge in [0.25, 0.3) is 0 Å². The van der Waals surface area contributed by atoms with Crippen LogP contribution in [0.25, 0.3) is 0 Å². The van der Waals surface area contributed by atoms with Gasteiger partial charge in [-0.3, -0.25) is 0 Å². The van der Waals surface area contributed by atoms with Gasteiger partial charge >= 0.3 is 0 Å². The second-order valence-electron chi connectivity index (χ2n) is 2.50. The first-order valence-electron chi connectivity index (χ1n) is 3.80. The van der Waals surface area contributed by atoms with Gasteiger partial charge in [0.05, 0.1) is 7.11 Å². The molecule has 0 radical (unpaired) electrons. The summed E-state index contributed by atoms with van der Waals surface area (Å²) in [6.07, 6.45) is 0.912. The second kappa shape index (κ2) is 4.67. The fourth-order valence-electron chi connectivity index (χ4n) is 1.03. The van der Waals surface area contributed by atoms with E-state index in [9.17, 15) is 0 Å². The Kier molecular flexibility index (Phi) is 3.81. The number of rotatable bonds is 3. The van der Waals surface area contributed by atoms with Gasteiger partial charge in [-0.05, 0) is 59.3 Å². The SMILES string of the molecule is COc1ccc(I)c(CCN)c1. The van der Waals surface area contributed by atoms with Crippen molar-refractivity contribution >= 4 is 22.6 Å². The first-order valence-corrected chi connectivity index (χ1v) is 4.88. The van der Waals surface area contributed by atoms with Gasteiger partial charge in [-0.2, -0.15) is 0 Å². The maximum atomic E-state index is 5.48. The summed E-state index contributed by atoms with van der Waals surface area (Å²) in [6.45, 7) is 0.684. The van der Waals surface area contributed by atoms with Crippen molar-refractivity contribution in [3.8, 4) is 5.75 Å². The highest BCUT2D eigenvalue weighted by atomic mass is 127. The van der Waals surface area contributed by atoms with E-state index >= 15 is 0 Å². The summed E-state index contributed by atoms with van der Waals surface area (Å²) in [7, 11) is 1.68. The largest absolute Gasteiger partial charge is 0.497 e. The van der Waals surface area contributed by atoms with Gasteiger partial charge < -0.3 is 10.5 Å². The molecular formula is C9H12INO. The van der Waals surface area contributed by atoms with E-state index in [1.807, 2.05) is 18.2 Å². The van der Waals surface area contributed by atoms with E-state index in [0.29, 0.717) is 6.54 Å². The molecule has 0 aliphatic rings. The molecule has 1 aromatic carbocycles. The minimum Gasteiger partial charge on any atom is -0.497 e. The lowest BCUT2D eigenvalue weighted by Gasteiger charge is -2.05. The maximum Gasteiger partial charge on any atom is 0.119 e. The Labute approximate surface area is 86.2 Å². The van der Waals surface area contributed by atoms with Gasteiger partial charge in [-0.25, -0.2) is 0 Å². The Morgan fingerprint density at radius 3 is 2.83 bits per heavy atom. The molecule has 0 bridgehead atoms. The third kappa shape index (κ3) is 2.35. The van der Waals surface area contributed by atoms with E-state index < -0.39 is 0 Å². The highest BCUT2D eigenvalue weighted by molar-refractivity contribution is 14.1. The Morgan fingerprint density at radius 2 is 2.25 bits per heavy atom. The number of methoxy groups -OCH3 is 1. The molecule has 2 N–H and O–H groups in total. The normalized spacial score (nSPS) is 9.92. The van der Waals surface area contributed by atoms with Gasteiger partial charge in [-0.15, -0.1) is 0 Å². The lowest BCUT2D eigenvalue weighted by Crippen LogP contribution is -2.04. The standard InChI is InChI=1S/C9H12INO/c1-12-8-2-3-9(10)7(6-8)4-5-11/h2-3,6H,4-5,11H2,1H3. The summed E-state index contributed by atoms with van der Waals surface area (Å²) < 4.78 is 6.36. The Hall–Kier alpha value is -0.290. The second-order valence-corrected chi connectivity index (χ2v) is 3.66. The van der Waals surface area contributed by atoms with E-state index in [0.717, 1.165) is 12.2 Å². The van der Waals surface area contributed by atoms with Crippen molar-refractivity contribution in [2.75, 3.05) is 13.7 Å². The molecule has 1 rings (SSSR count). The minimum absolute atomic E-state index is 0.684. The average Bonchev–Trinajstić information content (AvgIpc) is 2.09. The van der Waals surface area contributed by atoms with E-state index in [1.165, 1.54) is 9.13 Å². The zero-order valence-corrected chi connectivity index (χ0v) is 9.17. The monoisotopic (exact) mass is 277 g/mol. The van der Waals surface area contributed by atoms with Gasteiger partial charge in [0, 0.05) is 3.57 Å². The zero-order chi connectivity index (χ0) is 8.97. The van der Waals surface area contributed by atoms with Gasteiger partial charge in [0.1, 0.15) is 5.75 Å². The van der Waals surface area contributed by atoms with Crippen molar-refractivity contribution in [1.29, 1.82) is 0 Å². The van der Waals surface area contributed by atoms with Crippen LogP contribution < -0.4 is 10.5 Å². The molecule has 0 saturated carbocycles. The number of hydrogen-bond acceptors (Lipinski definition) is 2. The Bertz CT molecular complexity index is 263. The minimum atomic E-state index is 0.684. The maximum absolute atomic E-state index is 5.48. The molecule has 0 heterocycles. The van der Waals surface area contributed by atoms with Crippen LogP contribution in [0.5, 0.6) is 5.75 Å². The number of hydrogen-bond donors (Lipinski definition) is 1. The molecule has 0 saturated heterocycles. The summed E-state index contributed by atoms with van der Waals surface area (Å²) in [5, 5.41) is 0. The quantitative estimate of drug-likeness (QED) is 0.855. The molecule has 0 spiro atoms. The fraction of sp³-hybridized carbons (Fsp3) is 0.333. The van der Waals surface area contributed by atoms with Crippen molar-refractivity contribution in [3.05, 3.63) is 27.3 Å². The highest BCUT2D eigenvalue weighted by Crippen LogP contribution is 2.19. The van der Waals surface area contributed by atoms with Crippen LogP contribution in [0.1, 0.15) is 5.56 Å². The topological polar surface area (TPSA) is 35.2 Å².